The fourth-order valence-electron chi connectivity index (χ4n) is 1.56. The molecule has 0 aliphatic rings. The predicted molar refractivity (Wildman–Crippen MR) is 63.2 cm³/mol. The summed E-state index contributed by atoms with van der Waals surface area (Å²) in [5.74, 6) is -0.959. The summed E-state index contributed by atoms with van der Waals surface area (Å²) in [6.45, 7) is 6.78. The molecule has 0 atom stereocenters. The van der Waals surface area contributed by atoms with Crippen LogP contribution in [-0.4, -0.2) is 34.5 Å². The van der Waals surface area contributed by atoms with E-state index in [9.17, 15) is 9.59 Å². The number of aliphatic carboxylic acids is 1. The number of hydrogen-bond acceptors (Lipinski definition) is 2. The monoisotopic (exact) mass is 229 g/mol. The second-order valence-electron chi connectivity index (χ2n) is 4.28. The number of unbranched alkanes of at least 4 members (excludes halogenated alkanes) is 2. The first-order valence-corrected chi connectivity index (χ1v) is 6.00. The highest BCUT2D eigenvalue weighted by molar-refractivity contribution is 5.80. The Labute approximate surface area is 97.6 Å². The zero-order valence-electron chi connectivity index (χ0n) is 10.5. The third-order valence-electron chi connectivity index (χ3n) is 2.50. The van der Waals surface area contributed by atoms with Gasteiger partial charge in [-0.05, 0) is 20.3 Å². The average molecular weight is 229 g/mol. The van der Waals surface area contributed by atoms with Crippen LogP contribution in [0.2, 0.25) is 0 Å². The van der Waals surface area contributed by atoms with Crippen molar-refractivity contribution in [2.24, 2.45) is 0 Å². The Bertz CT molecular complexity index is 226. The zero-order chi connectivity index (χ0) is 12.6. The van der Waals surface area contributed by atoms with E-state index in [4.69, 9.17) is 5.11 Å². The summed E-state index contributed by atoms with van der Waals surface area (Å²) < 4.78 is 0. The number of rotatable bonds is 8. The zero-order valence-corrected chi connectivity index (χ0v) is 10.5. The molecular formula is C12H23NO3. The predicted octanol–water partition coefficient (Wildman–Crippen LogP) is 2.28. The van der Waals surface area contributed by atoms with Crippen LogP contribution in [0.4, 0.5) is 0 Å². The Hall–Kier alpha value is -1.06. The van der Waals surface area contributed by atoms with Gasteiger partial charge < -0.3 is 10.0 Å². The van der Waals surface area contributed by atoms with Gasteiger partial charge in [-0.25, -0.2) is 0 Å². The van der Waals surface area contributed by atoms with Gasteiger partial charge in [-0.1, -0.05) is 19.8 Å². The quantitative estimate of drug-likeness (QED) is 0.650. The lowest BCUT2D eigenvalue weighted by Crippen LogP contribution is -2.37. The molecule has 0 aliphatic carbocycles. The second-order valence-corrected chi connectivity index (χ2v) is 4.28. The highest BCUT2D eigenvalue weighted by atomic mass is 16.4. The molecule has 4 nitrogen and oxygen atoms in total. The molecule has 0 aromatic carbocycles. The number of carboxylic acids is 1. The Morgan fingerprint density at radius 1 is 1.19 bits per heavy atom. The Morgan fingerprint density at radius 2 is 1.81 bits per heavy atom. The number of amides is 1. The smallest absolute Gasteiger partial charge is 0.303 e. The topological polar surface area (TPSA) is 57.6 Å². The molecule has 1 amide bonds. The van der Waals surface area contributed by atoms with Crippen molar-refractivity contribution in [3.8, 4) is 0 Å². The summed E-state index contributed by atoms with van der Waals surface area (Å²) in [6.07, 6.45) is 3.26. The van der Waals surface area contributed by atoms with E-state index in [1.165, 1.54) is 0 Å². The summed E-state index contributed by atoms with van der Waals surface area (Å²) in [5, 5.41) is 8.53. The molecular weight excluding hydrogens is 206 g/mol. The molecule has 1 N–H and O–H groups in total. The average Bonchev–Trinajstić information content (AvgIpc) is 2.20. The summed E-state index contributed by atoms with van der Waals surface area (Å²) in [7, 11) is 0. The first-order valence-electron chi connectivity index (χ1n) is 6.00. The lowest BCUT2D eigenvalue weighted by Gasteiger charge is -2.26. The van der Waals surface area contributed by atoms with Crippen LogP contribution in [0.1, 0.15) is 52.9 Å². The highest BCUT2D eigenvalue weighted by Crippen LogP contribution is 2.07. The maximum absolute atomic E-state index is 11.7. The molecule has 16 heavy (non-hydrogen) atoms. The van der Waals surface area contributed by atoms with Crippen molar-refractivity contribution < 1.29 is 14.7 Å². The summed E-state index contributed by atoms with van der Waals surface area (Å²) in [5.41, 5.74) is 0. The largest absolute Gasteiger partial charge is 0.481 e. The molecule has 0 heterocycles. The Morgan fingerprint density at radius 3 is 2.25 bits per heavy atom. The van der Waals surface area contributed by atoms with E-state index in [-0.39, 0.29) is 24.8 Å². The van der Waals surface area contributed by atoms with E-state index in [0.717, 1.165) is 25.8 Å². The number of carbonyl (C=O) groups excluding carboxylic acids is 1. The Balaban J connectivity index is 4.08. The van der Waals surface area contributed by atoms with Crippen molar-refractivity contribution in [1.82, 2.24) is 4.90 Å². The lowest BCUT2D eigenvalue weighted by atomic mass is 10.2. The maximum Gasteiger partial charge on any atom is 0.303 e. The molecule has 94 valence electrons. The minimum Gasteiger partial charge on any atom is -0.481 e. The summed E-state index contributed by atoms with van der Waals surface area (Å²) in [6, 6.07) is 0.151. The molecule has 0 aromatic rings. The molecule has 0 saturated heterocycles. The molecule has 0 fully saturated rings. The van der Waals surface area contributed by atoms with Crippen molar-refractivity contribution in [3.63, 3.8) is 0 Å². The third-order valence-corrected chi connectivity index (χ3v) is 2.50. The molecule has 0 rings (SSSR count). The van der Waals surface area contributed by atoms with E-state index in [1.807, 2.05) is 13.8 Å². The van der Waals surface area contributed by atoms with Gasteiger partial charge in [0.2, 0.25) is 5.91 Å². The molecule has 0 bridgehead atoms. The van der Waals surface area contributed by atoms with Gasteiger partial charge in [-0.15, -0.1) is 0 Å². The number of carboxylic acid groups (broad SMARTS) is 1. The third kappa shape index (κ3) is 6.43. The molecule has 0 aromatic heterocycles. The van der Waals surface area contributed by atoms with Crippen LogP contribution in [0.25, 0.3) is 0 Å². The minimum atomic E-state index is -0.911. The standard InChI is InChI=1S/C12H23NO3/c1-4-5-6-9-13(10(2)3)11(14)7-8-12(15)16/h10H,4-9H2,1-3H3,(H,15,16). The van der Waals surface area contributed by atoms with Crippen LogP contribution in [0.15, 0.2) is 0 Å². The number of nitrogens with zero attached hydrogens (tertiary/aromatic N) is 1. The van der Waals surface area contributed by atoms with Crippen LogP contribution in [0.5, 0.6) is 0 Å². The van der Waals surface area contributed by atoms with Crippen LogP contribution < -0.4 is 0 Å². The van der Waals surface area contributed by atoms with Crippen molar-refractivity contribution in [2.75, 3.05) is 6.54 Å². The van der Waals surface area contributed by atoms with Gasteiger partial charge in [0, 0.05) is 19.0 Å². The van der Waals surface area contributed by atoms with Gasteiger partial charge >= 0.3 is 5.97 Å². The van der Waals surface area contributed by atoms with Gasteiger partial charge in [0.15, 0.2) is 0 Å². The van der Waals surface area contributed by atoms with Gasteiger partial charge in [0.05, 0.1) is 6.42 Å². The van der Waals surface area contributed by atoms with Crippen molar-refractivity contribution in [1.29, 1.82) is 0 Å². The minimum absolute atomic E-state index is 0.0477. The Kier molecular flexibility index (Phi) is 7.60. The molecule has 0 saturated carbocycles. The van der Waals surface area contributed by atoms with Crippen LogP contribution >= 0.6 is 0 Å². The van der Waals surface area contributed by atoms with Crippen LogP contribution in [0.3, 0.4) is 0 Å². The molecule has 0 aliphatic heterocycles. The molecule has 0 spiro atoms. The van der Waals surface area contributed by atoms with Crippen molar-refractivity contribution >= 4 is 11.9 Å². The van der Waals surface area contributed by atoms with Crippen molar-refractivity contribution in [2.45, 2.75) is 58.9 Å². The molecule has 0 radical (unpaired) electrons. The summed E-state index contributed by atoms with van der Waals surface area (Å²) in [4.78, 5) is 23.9. The van der Waals surface area contributed by atoms with Crippen LogP contribution in [0, 0.1) is 0 Å². The number of carbonyl (C=O) groups is 2. The lowest BCUT2D eigenvalue weighted by molar-refractivity contribution is -0.141. The van der Waals surface area contributed by atoms with E-state index >= 15 is 0 Å². The highest BCUT2D eigenvalue weighted by Gasteiger charge is 2.16. The summed E-state index contributed by atoms with van der Waals surface area (Å²) >= 11 is 0. The van der Waals surface area contributed by atoms with E-state index < -0.39 is 5.97 Å². The van der Waals surface area contributed by atoms with Gasteiger partial charge in [-0.2, -0.15) is 0 Å². The van der Waals surface area contributed by atoms with Gasteiger partial charge in [-0.3, -0.25) is 9.59 Å². The fraction of sp³-hybridized carbons (Fsp3) is 0.833. The van der Waals surface area contributed by atoms with Crippen molar-refractivity contribution in [3.05, 3.63) is 0 Å². The van der Waals surface area contributed by atoms with E-state index in [1.54, 1.807) is 4.90 Å². The first kappa shape index (κ1) is 14.9. The molecule has 0 unspecified atom stereocenters. The fourth-order valence-corrected chi connectivity index (χ4v) is 1.56. The first-order chi connectivity index (χ1) is 7.49. The normalized spacial score (nSPS) is 10.5. The van der Waals surface area contributed by atoms with E-state index in [0.29, 0.717) is 0 Å². The van der Waals surface area contributed by atoms with Gasteiger partial charge in [0.25, 0.3) is 0 Å². The second kappa shape index (κ2) is 8.13. The van der Waals surface area contributed by atoms with Crippen LogP contribution in [-0.2, 0) is 9.59 Å². The van der Waals surface area contributed by atoms with Gasteiger partial charge in [0.1, 0.15) is 0 Å². The SMILES string of the molecule is CCCCCN(C(=O)CCC(=O)O)C(C)C. The number of hydrogen-bond donors (Lipinski definition) is 1. The van der Waals surface area contributed by atoms with E-state index in [2.05, 4.69) is 6.92 Å². The maximum atomic E-state index is 11.7. The molecule has 4 heteroatoms.